The minimum atomic E-state index is -0.307. The van der Waals surface area contributed by atoms with E-state index >= 15 is 0 Å². The third-order valence-corrected chi connectivity index (χ3v) is 5.29. The van der Waals surface area contributed by atoms with E-state index in [1.165, 1.54) is 37.9 Å². The van der Waals surface area contributed by atoms with Crippen molar-refractivity contribution in [3.05, 3.63) is 30.1 Å². The number of nitrogens with zero attached hydrogens (tertiary/aromatic N) is 3. The standard InChI is InChI=1S/C19H28FN3O2/c1-21-9-3-2-4-17(21)14-22-10-12-23(13-11-22)19(24)15-25-18-7-5-16(20)6-8-18/h5-8,17H,2-4,9-15H2,1H3/t17-/m1/s1. The molecule has 5 nitrogen and oxygen atoms in total. The van der Waals surface area contributed by atoms with Crippen LogP contribution in [0.15, 0.2) is 24.3 Å². The van der Waals surface area contributed by atoms with Crippen molar-refractivity contribution in [2.24, 2.45) is 0 Å². The first-order chi connectivity index (χ1) is 12.1. The summed E-state index contributed by atoms with van der Waals surface area (Å²) in [6, 6.07) is 6.40. The van der Waals surface area contributed by atoms with Gasteiger partial charge in [0.2, 0.25) is 0 Å². The number of hydrogen-bond donors (Lipinski definition) is 0. The Morgan fingerprint density at radius 3 is 2.52 bits per heavy atom. The van der Waals surface area contributed by atoms with Crippen molar-refractivity contribution in [2.45, 2.75) is 25.3 Å². The number of rotatable bonds is 5. The number of hydrogen-bond acceptors (Lipinski definition) is 4. The molecule has 25 heavy (non-hydrogen) atoms. The summed E-state index contributed by atoms with van der Waals surface area (Å²) in [6.45, 7) is 5.66. The van der Waals surface area contributed by atoms with Gasteiger partial charge in [0, 0.05) is 38.8 Å². The summed E-state index contributed by atoms with van der Waals surface area (Å²) < 4.78 is 18.3. The maximum Gasteiger partial charge on any atom is 0.260 e. The normalized spacial score (nSPS) is 22.8. The van der Waals surface area contributed by atoms with Crippen LogP contribution in [0, 0.1) is 5.82 Å². The highest BCUT2D eigenvalue weighted by Gasteiger charge is 2.25. The van der Waals surface area contributed by atoms with Gasteiger partial charge in [-0.2, -0.15) is 0 Å². The zero-order chi connectivity index (χ0) is 17.6. The van der Waals surface area contributed by atoms with E-state index < -0.39 is 0 Å². The van der Waals surface area contributed by atoms with Crippen molar-refractivity contribution < 1.29 is 13.9 Å². The Morgan fingerprint density at radius 2 is 1.84 bits per heavy atom. The third-order valence-electron chi connectivity index (χ3n) is 5.29. The molecule has 1 atom stereocenters. The molecule has 6 heteroatoms. The van der Waals surface area contributed by atoms with Gasteiger partial charge in [0.15, 0.2) is 6.61 Å². The number of likely N-dealkylation sites (tertiary alicyclic amines) is 1. The van der Waals surface area contributed by atoms with E-state index in [9.17, 15) is 9.18 Å². The number of carbonyl (C=O) groups excluding carboxylic acids is 1. The molecule has 0 N–H and O–H groups in total. The molecular formula is C19H28FN3O2. The number of halogens is 1. The fraction of sp³-hybridized carbons (Fsp3) is 0.632. The molecule has 1 aromatic rings. The van der Waals surface area contributed by atoms with E-state index in [0.29, 0.717) is 11.8 Å². The van der Waals surface area contributed by atoms with Crippen LogP contribution in [0.5, 0.6) is 5.75 Å². The summed E-state index contributed by atoms with van der Waals surface area (Å²) >= 11 is 0. The molecular weight excluding hydrogens is 321 g/mol. The second kappa shape index (κ2) is 8.63. The molecule has 1 aromatic carbocycles. The van der Waals surface area contributed by atoms with E-state index in [1.54, 1.807) is 12.1 Å². The first-order valence-corrected chi connectivity index (χ1v) is 9.20. The molecule has 0 aliphatic carbocycles. The molecule has 2 aliphatic heterocycles. The molecule has 3 rings (SSSR count). The van der Waals surface area contributed by atoms with Crippen LogP contribution in [-0.4, -0.2) is 79.6 Å². The second-order valence-corrected chi connectivity index (χ2v) is 7.05. The Labute approximate surface area is 149 Å². The van der Waals surface area contributed by atoms with Crippen LogP contribution in [0.25, 0.3) is 0 Å². The van der Waals surface area contributed by atoms with Crippen LogP contribution in [0.4, 0.5) is 4.39 Å². The second-order valence-electron chi connectivity index (χ2n) is 7.05. The lowest BCUT2D eigenvalue weighted by Gasteiger charge is -2.40. The number of benzene rings is 1. The minimum absolute atomic E-state index is 0.00115. The lowest BCUT2D eigenvalue weighted by molar-refractivity contribution is -0.135. The lowest BCUT2D eigenvalue weighted by Crippen LogP contribution is -2.53. The molecule has 1 amide bonds. The molecule has 2 saturated heterocycles. The van der Waals surface area contributed by atoms with Gasteiger partial charge < -0.3 is 14.5 Å². The number of piperazine rings is 1. The van der Waals surface area contributed by atoms with Crippen LogP contribution < -0.4 is 4.74 Å². The Morgan fingerprint density at radius 1 is 1.12 bits per heavy atom. The van der Waals surface area contributed by atoms with E-state index in [1.807, 2.05) is 4.90 Å². The third kappa shape index (κ3) is 5.16. The van der Waals surface area contributed by atoms with Crippen molar-refractivity contribution in [3.63, 3.8) is 0 Å². The van der Waals surface area contributed by atoms with Gasteiger partial charge in [-0.1, -0.05) is 6.42 Å². The smallest absolute Gasteiger partial charge is 0.260 e. The molecule has 0 spiro atoms. The lowest BCUT2D eigenvalue weighted by atomic mass is 10.0. The van der Waals surface area contributed by atoms with E-state index in [4.69, 9.17) is 4.74 Å². The van der Waals surface area contributed by atoms with Gasteiger partial charge in [-0.15, -0.1) is 0 Å². The Hall–Kier alpha value is -1.66. The molecule has 0 saturated carbocycles. The van der Waals surface area contributed by atoms with Crippen LogP contribution in [-0.2, 0) is 4.79 Å². The van der Waals surface area contributed by atoms with Gasteiger partial charge in [0.05, 0.1) is 0 Å². The Balaban J connectivity index is 1.39. The highest BCUT2D eigenvalue weighted by molar-refractivity contribution is 5.77. The topological polar surface area (TPSA) is 36.0 Å². The molecule has 0 radical (unpaired) electrons. The van der Waals surface area contributed by atoms with Gasteiger partial charge in [-0.05, 0) is 50.7 Å². The number of piperidine rings is 1. The molecule has 2 aliphatic rings. The zero-order valence-electron chi connectivity index (χ0n) is 15.0. The predicted octanol–water partition coefficient (Wildman–Crippen LogP) is 1.83. The molecule has 0 unspecified atom stereocenters. The molecule has 0 aromatic heterocycles. The fourth-order valence-corrected chi connectivity index (χ4v) is 3.62. The largest absolute Gasteiger partial charge is 0.484 e. The maximum atomic E-state index is 12.9. The van der Waals surface area contributed by atoms with E-state index in [-0.39, 0.29) is 18.3 Å². The minimum Gasteiger partial charge on any atom is -0.484 e. The van der Waals surface area contributed by atoms with Gasteiger partial charge in [0.1, 0.15) is 11.6 Å². The SMILES string of the molecule is CN1CCCC[C@@H]1CN1CCN(C(=O)COc2ccc(F)cc2)CC1. The van der Waals surface area contributed by atoms with Crippen molar-refractivity contribution >= 4 is 5.91 Å². The van der Waals surface area contributed by atoms with E-state index in [0.717, 1.165) is 32.7 Å². The first kappa shape index (κ1) is 18.1. The summed E-state index contributed by atoms with van der Waals surface area (Å²) in [4.78, 5) is 19.1. The van der Waals surface area contributed by atoms with Crippen LogP contribution in [0.3, 0.4) is 0 Å². The molecule has 138 valence electrons. The summed E-state index contributed by atoms with van der Waals surface area (Å²) in [6.07, 6.45) is 3.92. The number of ether oxygens (including phenoxy) is 1. The Kier molecular flexibility index (Phi) is 6.26. The first-order valence-electron chi connectivity index (χ1n) is 9.20. The highest BCUT2D eigenvalue weighted by atomic mass is 19.1. The monoisotopic (exact) mass is 349 g/mol. The Bertz CT molecular complexity index is 558. The van der Waals surface area contributed by atoms with Gasteiger partial charge in [0.25, 0.3) is 5.91 Å². The van der Waals surface area contributed by atoms with Gasteiger partial charge in [-0.3, -0.25) is 9.69 Å². The van der Waals surface area contributed by atoms with Crippen LogP contribution in [0.1, 0.15) is 19.3 Å². The highest BCUT2D eigenvalue weighted by Crippen LogP contribution is 2.17. The summed E-state index contributed by atoms with van der Waals surface area (Å²) in [7, 11) is 2.22. The summed E-state index contributed by atoms with van der Waals surface area (Å²) in [5.74, 6) is 0.214. The van der Waals surface area contributed by atoms with Crippen molar-refractivity contribution in [2.75, 3.05) is 52.9 Å². The van der Waals surface area contributed by atoms with Gasteiger partial charge in [-0.25, -0.2) is 4.39 Å². The van der Waals surface area contributed by atoms with Crippen molar-refractivity contribution in [3.8, 4) is 5.75 Å². The zero-order valence-corrected chi connectivity index (χ0v) is 15.0. The van der Waals surface area contributed by atoms with Crippen LogP contribution in [0.2, 0.25) is 0 Å². The number of amides is 1. The maximum absolute atomic E-state index is 12.9. The molecule has 2 fully saturated rings. The average Bonchev–Trinajstić information content (AvgIpc) is 2.63. The van der Waals surface area contributed by atoms with E-state index in [2.05, 4.69) is 16.8 Å². The fourth-order valence-electron chi connectivity index (χ4n) is 3.62. The van der Waals surface area contributed by atoms with Crippen LogP contribution >= 0.6 is 0 Å². The number of carbonyl (C=O) groups is 1. The molecule has 2 heterocycles. The molecule has 0 bridgehead atoms. The average molecular weight is 349 g/mol. The number of likely N-dealkylation sites (N-methyl/N-ethyl adjacent to an activating group) is 1. The quantitative estimate of drug-likeness (QED) is 0.813. The van der Waals surface area contributed by atoms with Gasteiger partial charge >= 0.3 is 0 Å². The van der Waals surface area contributed by atoms with Crippen molar-refractivity contribution in [1.29, 1.82) is 0 Å². The van der Waals surface area contributed by atoms with Crippen molar-refractivity contribution in [1.82, 2.24) is 14.7 Å². The summed E-state index contributed by atoms with van der Waals surface area (Å²) in [5.41, 5.74) is 0. The summed E-state index contributed by atoms with van der Waals surface area (Å²) in [5, 5.41) is 0. The predicted molar refractivity (Wildman–Crippen MR) is 95.2 cm³/mol.